The minimum Gasteiger partial charge on any atom is -0.423 e. The molecule has 2 rings (SSSR count). The Kier molecular flexibility index (Phi) is 6.12. The fourth-order valence-electron chi connectivity index (χ4n) is 1.63. The zero-order valence-electron chi connectivity index (χ0n) is 12.1. The number of benzene rings is 2. The second-order valence-electron chi connectivity index (χ2n) is 4.55. The molecule has 0 atom stereocenters. The summed E-state index contributed by atoms with van der Waals surface area (Å²) >= 11 is 6.57. The molecule has 2 aromatic carbocycles. The van der Waals surface area contributed by atoms with E-state index in [0.29, 0.717) is 11.5 Å². The van der Waals surface area contributed by atoms with Gasteiger partial charge in [-0.05, 0) is 43.3 Å². The zero-order chi connectivity index (χ0) is 16.8. The van der Waals surface area contributed by atoms with E-state index in [2.05, 4.69) is 31.9 Å². The number of rotatable bonds is 4. The third-order valence-electron chi connectivity index (χ3n) is 2.68. The number of ether oxygens (including phenoxy) is 2. The third kappa shape index (κ3) is 5.65. The van der Waals surface area contributed by atoms with Crippen molar-refractivity contribution in [1.29, 1.82) is 0 Å². The summed E-state index contributed by atoms with van der Waals surface area (Å²) in [5.74, 6) is -0.493. The summed E-state index contributed by atoms with van der Waals surface area (Å²) in [6, 6.07) is 13.7. The maximum Gasteiger partial charge on any atom is 0.339 e. The summed E-state index contributed by atoms with van der Waals surface area (Å²) in [6.45, 7) is 1.49. The first-order chi connectivity index (χ1) is 10.9. The lowest BCUT2D eigenvalue weighted by atomic mass is 10.3. The Labute approximate surface area is 150 Å². The summed E-state index contributed by atoms with van der Waals surface area (Å²) in [5, 5.41) is 0. The van der Waals surface area contributed by atoms with Gasteiger partial charge in [0.25, 0.3) is 0 Å². The number of carbonyl (C=O) groups excluding carboxylic acids is 2. The Hall–Kier alpha value is -1.92. The molecule has 23 heavy (non-hydrogen) atoms. The van der Waals surface area contributed by atoms with Crippen LogP contribution in [0.2, 0.25) is 0 Å². The zero-order valence-corrected chi connectivity index (χ0v) is 15.3. The highest BCUT2D eigenvalue weighted by molar-refractivity contribution is 9.10. The van der Waals surface area contributed by atoms with Crippen LogP contribution in [0.4, 0.5) is 0 Å². The molecule has 0 saturated heterocycles. The van der Waals surface area contributed by atoms with Gasteiger partial charge in [-0.15, -0.1) is 0 Å². The predicted molar refractivity (Wildman–Crippen MR) is 93.3 cm³/mol. The average Bonchev–Trinajstić information content (AvgIpc) is 2.47. The van der Waals surface area contributed by atoms with E-state index >= 15 is 0 Å². The first-order valence-electron chi connectivity index (χ1n) is 6.57. The van der Waals surface area contributed by atoms with Gasteiger partial charge in [-0.1, -0.05) is 44.0 Å². The fourth-order valence-corrected chi connectivity index (χ4v) is 2.39. The highest BCUT2D eigenvalue weighted by atomic mass is 79.9. The number of hydrogen-bond donors (Lipinski definition) is 0. The Morgan fingerprint density at radius 2 is 1.43 bits per heavy atom. The molecule has 4 nitrogen and oxygen atoms in total. The summed E-state index contributed by atoms with van der Waals surface area (Å²) in [4.78, 5) is 23.8. The quantitative estimate of drug-likeness (QED) is 0.394. The van der Waals surface area contributed by atoms with Crippen molar-refractivity contribution < 1.29 is 19.1 Å². The minimum atomic E-state index is -0.646. The molecule has 0 heterocycles. The number of carbonyl (C=O) groups is 2. The molecule has 0 unspecified atom stereocenters. The van der Waals surface area contributed by atoms with Crippen LogP contribution in [-0.2, 0) is 9.59 Å². The molecule has 0 N–H and O–H groups in total. The van der Waals surface area contributed by atoms with Gasteiger partial charge in [0.05, 0.1) is 0 Å². The van der Waals surface area contributed by atoms with Crippen LogP contribution in [0.15, 0.2) is 69.1 Å². The second kappa shape index (κ2) is 8.08. The van der Waals surface area contributed by atoms with E-state index in [1.54, 1.807) is 36.4 Å². The third-order valence-corrected chi connectivity index (χ3v) is 3.66. The van der Waals surface area contributed by atoms with Crippen LogP contribution in [-0.4, -0.2) is 11.9 Å². The molecule has 0 amide bonds. The van der Waals surface area contributed by atoms with Gasteiger partial charge in [0.2, 0.25) is 0 Å². The van der Waals surface area contributed by atoms with Crippen LogP contribution in [0, 0.1) is 0 Å². The topological polar surface area (TPSA) is 52.6 Å². The van der Waals surface area contributed by atoms with Crippen LogP contribution < -0.4 is 9.47 Å². The van der Waals surface area contributed by atoms with Gasteiger partial charge in [-0.2, -0.15) is 0 Å². The predicted octanol–water partition coefficient (Wildman–Crippen LogP) is 4.67. The molecule has 118 valence electrons. The molecule has 0 aliphatic heterocycles. The molecule has 0 aliphatic carbocycles. The summed E-state index contributed by atoms with van der Waals surface area (Å²) in [6.07, 6.45) is 1.10. The van der Waals surface area contributed by atoms with Crippen molar-refractivity contribution in [2.75, 3.05) is 0 Å². The Morgan fingerprint density at radius 1 is 0.913 bits per heavy atom. The van der Waals surface area contributed by atoms with E-state index in [0.717, 1.165) is 15.0 Å². The van der Waals surface area contributed by atoms with Gasteiger partial charge >= 0.3 is 11.9 Å². The van der Waals surface area contributed by atoms with E-state index in [-0.39, 0.29) is 5.57 Å². The molecule has 0 aliphatic rings. The molecule has 0 bridgehead atoms. The second-order valence-corrected chi connectivity index (χ2v) is 6.38. The van der Waals surface area contributed by atoms with Crippen molar-refractivity contribution in [1.82, 2.24) is 0 Å². The summed E-state index contributed by atoms with van der Waals surface area (Å²) in [7, 11) is 0. The monoisotopic (exact) mass is 438 g/mol. The maximum atomic E-state index is 11.9. The van der Waals surface area contributed by atoms with Crippen LogP contribution >= 0.6 is 31.9 Å². The van der Waals surface area contributed by atoms with Crippen LogP contribution in [0.3, 0.4) is 0 Å². The van der Waals surface area contributed by atoms with Gasteiger partial charge in [0, 0.05) is 20.6 Å². The molecular weight excluding hydrogens is 428 g/mol. The first-order valence-corrected chi connectivity index (χ1v) is 8.16. The van der Waals surface area contributed by atoms with E-state index in [4.69, 9.17) is 9.47 Å². The number of esters is 2. The minimum absolute atomic E-state index is 0.143. The molecule has 0 saturated carbocycles. The first kappa shape index (κ1) is 17.4. The van der Waals surface area contributed by atoms with Gasteiger partial charge in [0.15, 0.2) is 0 Å². The lowest BCUT2D eigenvalue weighted by molar-refractivity contribution is -0.132. The van der Waals surface area contributed by atoms with Crippen molar-refractivity contribution in [3.63, 3.8) is 0 Å². The average molecular weight is 440 g/mol. The van der Waals surface area contributed by atoms with Crippen molar-refractivity contribution >= 4 is 43.8 Å². The van der Waals surface area contributed by atoms with Crippen LogP contribution in [0.1, 0.15) is 6.92 Å². The summed E-state index contributed by atoms with van der Waals surface area (Å²) < 4.78 is 11.9. The highest BCUT2D eigenvalue weighted by Gasteiger charge is 2.11. The molecule has 0 spiro atoms. The van der Waals surface area contributed by atoms with Crippen molar-refractivity contribution in [3.05, 3.63) is 69.1 Å². The van der Waals surface area contributed by atoms with E-state index in [1.165, 1.54) is 6.92 Å². The normalized spacial score (nSPS) is 11.0. The Bertz CT molecular complexity index is 769. The molecule has 0 aromatic heterocycles. The molecule has 0 fully saturated rings. The van der Waals surface area contributed by atoms with E-state index in [9.17, 15) is 9.59 Å². The van der Waals surface area contributed by atoms with Crippen molar-refractivity contribution in [3.8, 4) is 11.5 Å². The maximum absolute atomic E-state index is 11.9. The van der Waals surface area contributed by atoms with Crippen molar-refractivity contribution in [2.45, 2.75) is 6.92 Å². The van der Waals surface area contributed by atoms with Gasteiger partial charge in [-0.3, -0.25) is 0 Å². The molecule has 0 radical (unpaired) electrons. The molecule has 2 aromatic rings. The largest absolute Gasteiger partial charge is 0.423 e. The Balaban J connectivity index is 2.00. The van der Waals surface area contributed by atoms with E-state index in [1.807, 2.05) is 12.1 Å². The standard InChI is InChI=1S/C17H12Br2O4/c1-11(17(21)23-15-7-3-5-13(19)10-15)8-16(20)22-14-6-2-4-12(18)9-14/h2-10H,1H3/b11-8+. The summed E-state index contributed by atoms with van der Waals surface area (Å²) in [5.41, 5.74) is 0.143. The van der Waals surface area contributed by atoms with Gasteiger partial charge < -0.3 is 9.47 Å². The lowest BCUT2D eigenvalue weighted by Gasteiger charge is -2.05. The highest BCUT2D eigenvalue weighted by Crippen LogP contribution is 2.19. The van der Waals surface area contributed by atoms with Crippen molar-refractivity contribution in [2.24, 2.45) is 0 Å². The van der Waals surface area contributed by atoms with Crippen LogP contribution in [0.25, 0.3) is 0 Å². The fraction of sp³-hybridized carbons (Fsp3) is 0.0588. The lowest BCUT2D eigenvalue weighted by Crippen LogP contribution is -2.13. The van der Waals surface area contributed by atoms with Gasteiger partial charge in [0.1, 0.15) is 11.5 Å². The number of hydrogen-bond acceptors (Lipinski definition) is 4. The SMILES string of the molecule is C/C(=C\C(=O)Oc1cccc(Br)c1)C(=O)Oc1cccc(Br)c1. The number of halogens is 2. The van der Waals surface area contributed by atoms with Gasteiger partial charge in [-0.25, -0.2) is 9.59 Å². The van der Waals surface area contributed by atoms with E-state index < -0.39 is 11.9 Å². The Morgan fingerprint density at radius 3 is 1.96 bits per heavy atom. The molecular formula is C17H12Br2O4. The van der Waals surface area contributed by atoms with Crippen LogP contribution in [0.5, 0.6) is 11.5 Å². The smallest absolute Gasteiger partial charge is 0.339 e. The molecule has 6 heteroatoms.